The van der Waals surface area contributed by atoms with Gasteiger partial charge in [0.15, 0.2) is 0 Å². The predicted molar refractivity (Wildman–Crippen MR) is 62.9 cm³/mol. The smallest absolute Gasteiger partial charge is 0.407 e. The normalized spacial score (nSPS) is 37.2. The van der Waals surface area contributed by atoms with Crippen molar-refractivity contribution in [2.75, 3.05) is 13.3 Å². The molecule has 18 heavy (non-hydrogen) atoms. The number of rotatable bonds is 2. The molecule has 4 unspecified atom stereocenters. The van der Waals surface area contributed by atoms with Crippen LogP contribution in [0.15, 0.2) is 12.2 Å². The third-order valence-electron chi connectivity index (χ3n) is 3.04. The lowest BCUT2D eigenvalue weighted by Gasteiger charge is -2.25. The van der Waals surface area contributed by atoms with Gasteiger partial charge in [0.05, 0.1) is 18.3 Å². The number of amides is 1. The lowest BCUT2D eigenvalue weighted by molar-refractivity contribution is 0.0276. The second-order valence-corrected chi connectivity index (χ2v) is 4.43. The van der Waals surface area contributed by atoms with Crippen LogP contribution in [0.25, 0.3) is 0 Å². The number of aliphatic hydroxyl groups excluding tert-OH is 1. The van der Waals surface area contributed by atoms with Crippen LogP contribution < -0.4 is 5.32 Å². The Labute approximate surface area is 106 Å². The molecule has 1 saturated heterocycles. The lowest BCUT2D eigenvalue weighted by atomic mass is 9.97. The number of carbonyl (C=O) groups is 1. The van der Waals surface area contributed by atoms with E-state index in [2.05, 4.69) is 5.32 Å². The number of fused-ring (bicyclic) bond motifs is 1. The van der Waals surface area contributed by atoms with Gasteiger partial charge in [0.25, 0.3) is 0 Å². The third-order valence-corrected chi connectivity index (χ3v) is 3.04. The molecule has 1 fully saturated rings. The van der Waals surface area contributed by atoms with Crippen LogP contribution in [0, 0.1) is 0 Å². The molecule has 1 aliphatic heterocycles. The Morgan fingerprint density at radius 1 is 1.39 bits per heavy atom. The van der Waals surface area contributed by atoms with Gasteiger partial charge in [0.2, 0.25) is 0 Å². The summed E-state index contributed by atoms with van der Waals surface area (Å²) in [7, 11) is 0. The molecule has 6 heteroatoms. The molecule has 2 N–H and O–H groups in total. The zero-order valence-corrected chi connectivity index (χ0v) is 10.4. The zero-order valence-electron chi connectivity index (χ0n) is 10.4. The van der Waals surface area contributed by atoms with E-state index in [9.17, 15) is 9.90 Å². The molecule has 2 rings (SSSR count). The Kier molecular flexibility index (Phi) is 4.57. The fraction of sp³-hybridized carbons (Fsp3) is 0.750. The van der Waals surface area contributed by atoms with Crippen LogP contribution in [-0.4, -0.2) is 49.0 Å². The molecule has 1 aliphatic carbocycles. The van der Waals surface area contributed by atoms with Crippen molar-refractivity contribution in [3.8, 4) is 0 Å². The van der Waals surface area contributed by atoms with Crippen molar-refractivity contribution in [2.45, 2.75) is 44.2 Å². The minimum atomic E-state index is -0.597. The van der Waals surface area contributed by atoms with E-state index in [1.807, 2.05) is 6.92 Å². The number of ether oxygens (including phenoxy) is 3. The van der Waals surface area contributed by atoms with E-state index in [0.717, 1.165) is 0 Å². The maximum atomic E-state index is 11.4. The molecule has 4 atom stereocenters. The summed E-state index contributed by atoms with van der Waals surface area (Å²) in [6, 6.07) is 0. The van der Waals surface area contributed by atoms with Crippen LogP contribution in [-0.2, 0) is 14.2 Å². The maximum absolute atomic E-state index is 11.4. The first kappa shape index (κ1) is 13.3. The van der Waals surface area contributed by atoms with Crippen molar-refractivity contribution >= 4 is 6.09 Å². The van der Waals surface area contributed by atoms with Crippen LogP contribution in [0.5, 0.6) is 0 Å². The van der Waals surface area contributed by atoms with E-state index in [0.29, 0.717) is 19.4 Å². The molecule has 0 aromatic carbocycles. The summed E-state index contributed by atoms with van der Waals surface area (Å²) in [5.41, 5.74) is 0. The summed E-state index contributed by atoms with van der Waals surface area (Å²) >= 11 is 0. The van der Waals surface area contributed by atoms with Crippen LogP contribution >= 0.6 is 0 Å². The maximum Gasteiger partial charge on any atom is 0.407 e. The fourth-order valence-corrected chi connectivity index (χ4v) is 2.16. The van der Waals surface area contributed by atoms with Gasteiger partial charge in [0.1, 0.15) is 12.9 Å². The summed E-state index contributed by atoms with van der Waals surface area (Å²) in [5.74, 6) is 0. The van der Waals surface area contributed by atoms with Crippen molar-refractivity contribution in [3.63, 3.8) is 0 Å². The molecule has 1 amide bonds. The molecule has 102 valence electrons. The minimum absolute atomic E-state index is 0.134. The van der Waals surface area contributed by atoms with Gasteiger partial charge in [0, 0.05) is 19.4 Å². The van der Waals surface area contributed by atoms with Gasteiger partial charge in [-0.3, -0.25) is 0 Å². The van der Waals surface area contributed by atoms with Crippen molar-refractivity contribution < 1.29 is 24.1 Å². The summed E-state index contributed by atoms with van der Waals surface area (Å²) in [4.78, 5) is 11.4. The quantitative estimate of drug-likeness (QED) is 0.707. The lowest BCUT2D eigenvalue weighted by Crippen LogP contribution is -2.35. The summed E-state index contributed by atoms with van der Waals surface area (Å²) in [6.45, 7) is 2.57. The van der Waals surface area contributed by atoms with E-state index in [4.69, 9.17) is 14.2 Å². The standard InChI is InChI=1S/C12H19NO5/c1-2-13-12(15)18-9-4-3-8(14)5-10-11(6-9)17-7-16-10/h3-4,8-11,14H,2,5-7H2,1H3,(H,13,15)/b4-3+. The fourth-order valence-electron chi connectivity index (χ4n) is 2.16. The minimum Gasteiger partial charge on any atom is -0.442 e. The molecule has 0 spiro atoms. The van der Waals surface area contributed by atoms with Crippen LogP contribution in [0.2, 0.25) is 0 Å². The predicted octanol–water partition coefficient (Wildman–Crippen LogP) is 0.553. The second kappa shape index (κ2) is 6.17. The molecule has 0 radical (unpaired) electrons. The first-order valence-corrected chi connectivity index (χ1v) is 6.23. The molecule has 0 aromatic heterocycles. The summed E-state index contributed by atoms with van der Waals surface area (Å²) < 4.78 is 16.1. The number of alkyl carbamates (subject to hydrolysis) is 1. The molecule has 6 nitrogen and oxygen atoms in total. The number of hydrogen-bond donors (Lipinski definition) is 2. The van der Waals surface area contributed by atoms with Crippen LogP contribution in [0.1, 0.15) is 19.8 Å². The number of nitrogens with one attached hydrogen (secondary N) is 1. The zero-order chi connectivity index (χ0) is 13.0. The monoisotopic (exact) mass is 257 g/mol. The van der Waals surface area contributed by atoms with Crippen LogP contribution in [0.3, 0.4) is 0 Å². The average Bonchev–Trinajstić information content (AvgIpc) is 2.71. The molecule has 1 heterocycles. The Morgan fingerprint density at radius 2 is 2.11 bits per heavy atom. The Hall–Kier alpha value is -1.11. The highest BCUT2D eigenvalue weighted by atomic mass is 16.7. The Bertz CT molecular complexity index is 320. The number of aliphatic hydroxyl groups is 1. The highest BCUT2D eigenvalue weighted by molar-refractivity contribution is 5.67. The van der Waals surface area contributed by atoms with E-state index in [-0.39, 0.29) is 19.0 Å². The van der Waals surface area contributed by atoms with Crippen molar-refractivity contribution in [3.05, 3.63) is 12.2 Å². The Balaban J connectivity index is 1.98. The molecule has 0 aromatic rings. The average molecular weight is 257 g/mol. The third kappa shape index (κ3) is 3.44. The summed E-state index contributed by atoms with van der Waals surface area (Å²) in [5, 5.41) is 12.3. The van der Waals surface area contributed by atoms with Gasteiger partial charge in [-0.25, -0.2) is 4.79 Å². The number of hydrogen-bond acceptors (Lipinski definition) is 5. The molecular weight excluding hydrogens is 238 g/mol. The van der Waals surface area contributed by atoms with Gasteiger partial charge < -0.3 is 24.6 Å². The highest BCUT2D eigenvalue weighted by Gasteiger charge is 2.34. The van der Waals surface area contributed by atoms with Gasteiger partial charge in [-0.1, -0.05) is 6.08 Å². The van der Waals surface area contributed by atoms with E-state index in [1.165, 1.54) is 0 Å². The van der Waals surface area contributed by atoms with Crippen molar-refractivity contribution in [1.29, 1.82) is 0 Å². The summed E-state index contributed by atoms with van der Waals surface area (Å²) in [6.07, 6.45) is 2.67. The largest absolute Gasteiger partial charge is 0.442 e. The van der Waals surface area contributed by atoms with Gasteiger partial charge in [-0.15, -0.1) is 0 Å². The van der Waals surface area contributed by atoms with E-state index >= 15 is 0 Å². The van der Waals surface area contributed by atoms with Crippen molar-refractivity contribution in [2.24, 2.45) is 0 Å². The first-order chi connectivity index (χ1) is 8.69. The molecule has 2 aliphatic rings. The van der Waals surface area contributed by atoms with Crippen LogP contribution in [0.4, 0.5) is 4.79 Å². The van der Waals surface area contributed by atoms with E-state index < -0.39 is 18.3 Å². The van der Waals surface area contributed by atoms with Gasteiger partial charge >= 0.3 is 6.09 Å². The molecule has 0 saturated carbocycles. The van der Waals surface area contributed by atoms with E-state index in [1.54, 1.807) is 12.2 Å². The topological polar surface area (TPSA) is 77.0 Å². The second-order valence-electron chi connectivity index (χ2n) is 4.43. The number of carbonyl (C=O) groups excluding carboxylic acids is 1. The van der Waals surface area contributed by atoms with Gasteiger partial charge in [-0.05, 0) is 13.0 Å². The highest BCUT2D eigenvalue weighted by Crippen LogP contribution is 2.25. The SMILES string of the molecule is CCNC(=O)OC1/C=C/C(O)CC2OCOC2C1. The molecular formula is C12H19NO5. The molecule has 0 bridgehead atoms. The van der Waals surface area contributed by atoms with Gasteiger partial charge in [-0.2, -0.15) is 0 Å². The van der Waals surface area contributed by atoms with Crippen molar-refractivity contribution in [1.82, 2.24) is 5.32 Å². The Morgan fingerprint density at radius 3 is 2.83 bits per heavy atom. The first-order valence-electron chi connectivity index (χ1n) is 6.23.